The molecule has 2 rings (SSSR count). The highest BCUT2D eigenvalue weighted by atomic mass is 16.4. The Morgan fingerprint density at radius 3 is 1.58 bits per heavy atom. The van der Waals surface area contributed by atoms with Crippen LogP contribution in [0.3, 0.4) is 0 Å². The molecule has 0 unspecified atom stereocenters. The molecule has 0 atom stereocenters. The molecule has 2 aromatic rings. The number of carbonyl (C=O) groups excluding carboxylic acids is 4. The van der Waals surface area contributed by atoms with E-state index in [9.17, 15) is 14.4 Å². The topological polar surface area (TPSA) is 146 Å². The van der Waals surface area contributed by atoms with Crippen LogP contribution in [-0.2, 0) is 36.8 Å². The minimum absolute atomic E-state index is 0.0894. The maximum Gasteiger partial charge on any atom is 0.373 e. The summed E-state index contributed by atoms with van der Waals surface area (Å²) in [6.07, 6.45) is 1.36. The molecule has 0 heterocycles. The zero-order valence-electron chi connectivity index (χ0n) is 13.5. The Balaban J connectivity index is 0.000000428. The highest BCUT2D eigenvalue weighted by molar-refractivity contribution is 6.33. The van der Waals surface area contributed by atoms with E-state index in [2.05, 4.69) is 0 Å². The Hall–Kier alpha value is -3.77. The van der Waals surface area contributed by atoms with Gasteiger partial charge in [-0.2, -0.15) is 9.59 Å². The number of ketones is 1. The monoisotopic (exact) mass is 360 g/mol. The van der Waals surface area contributed by atoms with E-state index in [-0.39, 0.29) is 24.1 Å². The van der Waals surface area contributed by atoms with Gasteiger partial charge in [0.15, 0.2) is 0 Å². The molecule has 0 saturated carbocycles. The molecule has 26 heavy (non-hydrogen) atoms. The van der Waals surface area contributed by atoms with Crippen LogP contribution in [0.4, 0.5) is 0 Å². The summed E-state index contributed by atoms with van der Waals surface area (Å²) >= 11 is 0. The lowest BCUT2D eigenvalue weighted by Gasteiger charge is -1.97. The van der Waals surface area contributed by atoms with Gasteiger partial charge in [-0.05, 0) is 35.4 Å². The largest absolute Gasteiger partial charge is 0.508 e. The average Bonchev–Trinajstić information content (AvgIpc) is 2.60. The van der Waals surface area contributed by atoms with Crippen LogP contribution in [0.1, 0.15) is 11.1 Å². The number of aldehydes is 1. The number of phenols is 2. The van der Waals surface area contributed by atoms with Gasteiger partial charge in [-0.3, -0.25) is 4.79 Å². The third-order valence-corrected chi connectivity index (χ3v) is 2.79. The molecule has 0 fully saturated rings. The van der Waals surface area contributed by atoms with Gasteiger partial charge in [0.25, 0.3) is 0 Å². The number of Topliss-reactive ketones (excluding diaryl/α,β-unsaturated/α-hetero) is 1. The summed E-state index contributed by atoms with van der Waals surface area (Å²) in [6, 6.07) is 12.4. The zero-order valence-corrected chi connectivity index (χ0v) is 13.5. The lowest BCUT2D eigenvalue weighted by Crippen LogP contribution is -2.14. The molecular formula is C18H16O8. The summed E-state index contributed by atoms with van der Waals surface area (Å²) in [4.78, 5) is 47.2. The predicted octanol–water partition coefficient (Wildman–Crippen LogP) is 1.14. The predicted molar refractivity (Wildman–Crippen MR) is 87.3 cm³/mol. The summed E-state index contributed by atoms with van der Waals surface area (Å²) < 4.78 is 0. The number of hydrogen-bond acceptors (Lipinski definition) is 7. The van der Waals surface area contributed by atoms with Gasteiger partial charge in [-0.15, -0.1) is 0 Å². The minimum atomic E-state index is -1.44. The van der Waals surface area contributed by atoms with Gasteiger partial charge in [0.05, 0.1) is 0 Å². The van der Waals surface area contributed by atoms with Crippen LogP contribution < -0.4 is 0 Å². The van der Waals surface area contributed by atoms with E-state index in [1.54, 1.807) is 24.3 Å². The minimum Gasteiger partial charge on any atom is -0.508 e. The summed E-state index contributed by atoms with van der Waals surface area (Å²) in [5.41, 5.74) is 1.50. The van der Waals surface area contributed by atoms with Crippen LogP contribution in [0.5, 0.6) is 11.5 Å². The molecule has 0 bridgehead atoms. The lowest BCUT2D eigenvalue weighted by molar-refractivity contribution is -0.191. The van der Waals surface area contributed by atoms with Gasteiger partial charge in [-0.1, -0.05) is 24.3 Å². The number of hydrogen-bond donors (Lipinski definition) is 3. The fourth-order valence-corrected chi connectivity index (χ4v) is 1.60. The molecule has 8 nitrogen and oxygen atoms in total. The van der Waals surface area contributed by atoms with Gasteiger partial charge in [0.1, 0.15) is 17.8 Å². The van der Waals surface area contributed by atoms with Crippen molar-refractivity contribution >= 4 is 24.2 Å². The number of phenolic OH excluding ortho intramolecular Hbond substituents is 2. The molecule has 0 saturated heterocycles. The molecule has 8 heteroatoms. The van der Waals surface area contributed by atoms with E-state index in [4.69, 9.17) is 24.9 Å². The first-order chi connectivity index (χ1) is 12.3. The highest BCUT2D eigenvalue weighted by Crippen LogP contribution is 2.10. The van der Waals surface area contributed by atoms with Crippen molar-refractivity contribution < 1.29 is 39.3 Å². The van der Waals surface area contributed by atoms with Crippen LogP contribution in [0.15, 0.2) is 48.5 Å². The van der Waals surface area contributed by atoms with E-state index in [0.29, 0.717) is 12.0 Å². The number of rotatable bonds is 5. The Morgan fingerprint density at radius 2 is 1.23 bits per heavy atom. The average molecular weight is 360 g/mol. The van der Waals surface area contributed by atoms with Crippen molar-refractivity contribution in [1.82, 2.24) is 0 Å². The SMILES string of the molecule is O=C(O)C(=O)Cc1ccc(O)cc1.O=C=O.O=CCc1ccc(O)cc1. The van der Waals surface area contributed by atoms with Gasteiger partial charge in [0.2, 0.25) is 5.78 Å². The number of carbonyl (C=O) groups is 3. The van der Waals surface area contributed by atoms with Gasteiger partial charge < -0.3 is 20.1 Å². The van der Waals surface area contributed by atoms with Crippen molar-refractivity contribution in [3.05, 3.63) is 59.7 Å². The number of benzene rings is 2. The van der Waals surface area contributed by atoms with E-state index >= 15 is 0 Å². The van der Waals surface area contributed by atoms with Gasteiger partial charge in [-0.25, -0.2) is 4.79 Å². The second kappa shape index (κ2) is 12.6. The second-order valence-electron chi connectivity index (χ2n) is 4.69. The van der Waals surface area contributed by atoms with Crippen LogP contribution in [0, 0.1) is 0 Å². The standard InChI is InChI=1S/C9H8O4.C8H8O2.CO2/c10-7-3-1-6(2-4-7)5-8(11)9(12)13;9-6-5-7-1-3-8(10)4-2-7;2-1-3/h1-4,10H,5H2,(H,12,13);1-4,6,10H,5H2;. The Labute approximate surface area is 148 Å². The van der Waals surface area contributed by atoms with Crippen molar-refractivity contribution in [2.75, 3.05) is 0 Å². The number of carboxylic acids is 1. The van der Waals surface area contributed by atoms with Crippen molar-refractivity contribution in [1.29, 1.82) is 0 Å². The summed E-state index contributed by atoms with van der Waals surface area (Å²) in [5.74, 6) is -1.97. The lowest BCUT2D eigenvalue weighted by atomic mass is 10.1. The van der Waals surface area contributed by atoms with Crippen LogP contribution in [-0.4, -0.2) is 39.5 Å². The molecule has 0 aliphatic carbocycles. The first kappa shape index (κ1) is 22.2. The van der Waals surface area contributed by atoms with Crippen LogP contribution in [0.25, 0.3) is 0 Å². The molecule has 136 valence electrons. The third kappa shape index (κ3) is 10.1. The first-order valence-corrected chi connectivity index (χ1v) is 7.08. The number of aliphatic carboxylic acids is 1. The van der Waals surface area contributed by atoms with Crippen LogP contribution in [0.2, 0.25) is 0 Å². The van der Waals surface area contributed by atoms with Crippen molar-refractivity contribution in [2.24, 2.45) is 0 Å². The first-order valence-electron chi connectivity index (χ1n) is 7.08. The molecule has 0 spiro atoms. The third-order valence-electron chi connectivity index (χ3n) is 2.79. The molecule has 0 aliphatic heterocycles. The molecule has 0 aliphatic rings. The molecule has 0 radical (unpaired) electrons. The Kier molecular flexibility index (Phi) is 10.8. The van der Waals surface area contributed by atoms with E-state index in [1.165, 1.54) is 24.3 Å². The maximum atomic E-state index is 10.7. The summed E-state index contributed by atoms with van der Waals surface area (Å²) in [7, 11) is 0. The summed E-state index contributed by atoms with van der Waals surface area (Å²) in [5, 5.41) is 26.0. The maximum absolute atomic E-state index is 10.7. The number of aromatic hydroxyl groups is 2. The van der Waals surface area contributed by atoms with Gasteiger partial charge >= 0.3 is 12.1 Å². The fraction of sp³-hybridized carbons (Fsp3) is 0.111. The molecule has 0 amide bonds. The smallest absolute Gasteiger partial charge is 0.373 e. The van der Waals surface area contributed by atoms with Gasteiger partial charge in [0, 0.05) is 12.8 Å². The second-order valence-corrected chi connectivity index (χ2v) is 4.69. The van der Waals surface area contributed by atoms with E-state index in [0.717, 1.165) is 11.8 Å². The molecular weight excluding hydrogens is 344 g/mol. The zero-order chi connectivity index (χ0) is 19.9. The highest BCUT2D eigenvalue weighted by Gasteiger charge is 2.11. The fourth-order valence-electron chi connectivity index (χ4n) is 1.60. The van der Waals surface area contributed by atoms with Crippen molar-refractivity contribution in [3.63, 3.8) is 0 Å². The molecule has 2 aromatic carbocycles. The van der Waals surface area contributed by atoms with Crippen LogP contribution >= 0.6 is 0 Å². The quantitative estimate of drug-likeness (QED) is 0.531. The Bertz CT molecular complexity index is 742. The normalized spacial score (nSPS) is 8.62. The van der Waals surface area contributed by atoms with Crippen molar-refractivity contribution in [3.8, 4) is 11.5 Å². The summed E-state index contributed by atoms with van der Waals surface area (Å²) in [6.45, 7) is 0. The number of carboxylic acid groups (broad SMARTS) is 1. The Morgan fingerprint density at radius 1 is 0.846 bits per heavy atom. The molecule has 0 aromatic heterocycles. The van der Waals surface area contributed by atoms with Crippen molar-refractivity contribution in [2.45, 2.75) is 12.8 Å². The van der Waals surface area contributed by atoms with E-state index in [1.807, 2.05) is 0 Å². The van der Waals surface area contributed by atoms with E-state index < -0.39 is 11.8 Å². The molecule has 3 N–H and O–H groups in total.